The maximum atomic E-state index is 10.0. The maximum Gasteiger partial charge on any atom is 0.0991 e. The van der Waals surface area contributed by atoms with Gasteiger partial charge in [0.25, 0.3) is 0 Å². The predicted octanol–water partition coefficient (Wildman–Crippen LogP) is 7.21. The van der Waals surface area contributed by atoms with Crippen LogP contribution in [0.15, 0.2) is 85.0 Å². The first-order valence-corrected chi connectivity index (χ1v) is 15.0. The van der Waals surface area contributed by atoms with E-state index in [2.05, 4.69) is 106 Å². The Morgan fingerprint density at radius 3 is 2.62 bits per heavy atom. The molecule has 0 N–H and O–H groups in total. The molecule has 4 aromatic rings. The summed E-state index contributed by atoms with van der Waals surface area (Å²) in [5.41, 5.74) is 9.20. The zero-order valence-corrected chi connectivity index (χ0v) is 23.4. The van der Waals surface area contributed by atoms with Crippen LogP contribution in [0.3, 0.4) is 0 Å². The van der Waals surface area contributed by atoms with Gasteiger partial charge in [0.15, 0.2) is 0 Å². The number of nitrogens with zero attached hydrogens (tertiary/aromatic N) is 4. The number of benzene rings is 2. The van der Waals surface area contributed by atoms with Gasteiger partial charge in [-0.2, -0.15) is 10.5 Å². The number of nitriles is 2. The number of rotatable bonds is 3. The van der Waals surface area contributed by atoms with E-state index >= 15 is 0 Å². The third kappa shape index (κ3) is 3.65. The van der Waals surface area contributed by atoms with E-state index < -0.39 is 0 Å². The molecule has 0 radical (unpaired) electrons. The van der Waals surface area contributed by atoms with Crippen LogP contribution in [0.5, 0.6) is 0 Å². The molecule has 0 bridgehead atoms. The highest BCUT2D eigenvalue weighted by molar-refractivity contribution is 5.99. The molecule has 4 nitrogen and oxygen atoms in total. The van der Waals surface area contributed by atoms with Crippen molar-refractivity contribution in [3.63, 3.8) is 0 Å². The molecule has 4 heteroatoms. The fourth-order valence-corrected chi connectivity index (χ4v) is 7.54. The van der Waals surface area contributed by atoms with E-state index in [1.165, 1.54) is 44.0 Å². The number of fused-ring (bicyclic) bond motifs is 6. The molecule has 0 fully saturated rings. The lowest BCUT2D eigenvalue weighted by molar-refractivity contribution is 0.766. The predicted molar refractivity (Wildman–Crippen MR) is 171 cm³/mol. The second-order valence-electron chi connectivity index (χ2n) is 11.6. The molecule has 0 aliphatic heterocycles. The SMILES string of the molecule is N#Cc1ccc2c(c1)c1c(n2C2=CC=CC[C@@H]2C#N)CCC=C1C1C=CC=C(n2c3c(c4ccccc42)=CCCC=3)C1. The van der Waals surface area contributed by atoms with Crippen LogP contribution < -0.4 is 10.6 Å². The number of hydrogen-bond donors (Lipinski definition) is 0. The highest BCUT2D eigenvalue weighted by atomic mass is 15.0. The van der Waals surface area contributed by atoms with Gasteiger partial charge in [0.1, 0.15) is 0 Å². The molecule has 2 aromatic heterocycles. The van der Waals surface area contributed by atoms with E-state index in [0.29, 0.717) is 5.56 Å². The molecule has 2 atom stereocenters. The van der Waals surface area contributed by atoms with Crippen molar-refractivity contribution in [1.29, 1.82) is 10.5 Å². The van der Waals surface area contributed by atoms with Crippen molar-refractivity contribution in [1.82, 2.24) is 9.13 Å². The van der Waals surface area contributed by atoms with Gasteiger partial charge in [-0.15, -0.1) is 0 Å². The van der Waals surface area contributed by atoms with Gasteiger partial charge in [-0.05, 0) is 80.5 Å². The Hall–Kier alpha value is -5.06. The number of allylic oxidation sites excluding steroid dienone is 10. The highest BCUT2D eigenvalue weighted by Gasteiger charge is 2.31. The van der Waals surface area contributed by atoms with Gasteiger partial charge in [0.05, 0.1) is 34.7 Å². The van der Waals surface area contributed by atoms with Crippen LogP contribution in [0.25, 0.3) is 50.9 Å². The van der Waals surface area contributed by atoms with Crippen molar-refractivity contribution >= 4 is 50.9 Å². The summed E-state index contributed by atoms with van der Waals surface area (Å²) in [6.07, 6.45) is 26.0. The Balaban J connectivity index is 1.28. The van der Waals surface area contributed by atoms with E-state index in [1.54, 1.807) is 0 Å². The number of para-hydroxylation sites is 1. The van der Waals surface area contributed by atoms with Gasteiger partial charge < -0.3 is 9.13 Å². The first-order chi connectivity index (χ1) is 20.8. The van der Waals surface area contributed by atoms with Crippen LogP contribution >= 0.6 is 0 Å². The van der Waals surface area contributed by atoms with Gasteiger partial charge in [-0.25, -0.2) is 0 Å². The Bertz CT molecular complexity index is 2170. The largest absolute Gasteiger partial charge is 0.315 e. The van der Waals surface area contributed by atoms with Crippen LogP contribution in [0.1, 0.15) is 48.9 Å². The molecule has 42 heavy (non-hydrogen) atoms. The summed E-state index contributed by atoms with van der Waals surface area (Å²) in [6, 6.07) is 19.7. The molecule has 4 aliphatic rings. The molecule has 0 saturated carbocycles. The summed E-state index contributed by atoms with van der Waals surface area (Å²) in [4.78, 5) is 0. The van der Waals surface area contributed by atoms with Crippen molar-refractivity contribution in [2.45, 2.75) is 38.5 Å². The summed E-state index contributed by atoms with van der Waals surface area (Å²) in [5.74, 6) is 0.0234. The highest BCUT2D eigenvalue weighted by Crippen LogP contribution is 2.45. The Morgan fingerprint density at radius 1 is 0.833 bits per heavy atom. The van der Waals surface area contributed by atoms with E-state index in [0.717, 1.165) is 55.1 Å². The zero-order valence-electron chi connectivity index (χ0n) is 23.4. The number of hydrogen-bond acceptors (Lipinski definition) is 2. The van der Waals surface area contributed by atoms with Crippen LogP contribution in [0, 0.1) is 34.5 Å². The summed E-state index contributed by atoms with van der Waals surface area (Å²) >= 11 is 0. The summed E-state index contributed by atoms with van der Waals surface area (Å²) < 4.78 is 4.81. The molecule has 2 heterocycles. The molecule has 202 valence electrons. The van der Waals surface area contributed by atoms with Gasteiger partial charge in [0, 0.05) is 49.9 Å². The van der Waals surface area contributed by atoms with Crippen LogP contribution in [-0.2, 0) is 6.42 Å². The minimum absolute atomic E-state index is 0.190. The van der Waals surface area contributed by atoms with Crippen LogP contribution in [-0.4, -0.2) is 9.13 Å². The van der Waals surface area contributed by atoms with Gasteiger partial charge >= 0.3 is 0 Å². The Kier molecular flexibility index (Phi) is 5.76. The first kappa shape index (κ1) is 24.7. The minimum atomic E-state index is -0.190. The van der Waals surface area contributed by atoms with Crippen molar-refractivity contribution in [3.05, 3.63) is 112 Å². The summed E-state index contributed by atoms with van der Waals surface area (Å²) in [7, 11) is 0. The van der Waals surface area contributed by atoms with E-state index in [4.69, 9.17) is 0 Å². The molecule has 0 spiro atoms. The van der Waals surface area contributed by atoms with Crippen molar-refractivity contribution in [2.24, 2.45) is 11.8 Å². The topological polar surface area (TPSA) is 57.4 Å². The fraction of sp³-hybridized carbons (Fsp3) is 0.211. The van der Waals surface area contributed by atoms with Crippen molar-refractivity contribution in [2.75, 3.05) is 0 Å². The number of aromatic nitrogens is 2. The monoisotopic (exact) mass is 542 g/mol. The lowest BCUT2D eigenvalue weighted by atomic mass is 9.81. The van der Waals surface area contributed by atoms with Crippen LogP contribution in [0.2, 0.25) is 0 Å². The fourth-order valence-electron chi connectivity index (χ4n) is 7.54. The molecule has 0 saturated heterocycles. The first-order valence-electron chi connectivity index (χ1n) is 15.0. The maximum absolute atomic E-state index is 10.0. The standard InChI is InChI=1S/C38H30N4/c39-23-25-19-20-36-32(21-25)38-29(14-8-18-37(38)42(36)33-15-4-1-9-27(33)24-40)26-10-7-11-28(22-26)41-34-16-5-2-12-30(34)31-13-3-6-17-35(31)41/h1-2,4-5,7,10-17,19-21,26-27H,3,6,8-9,18,22H2/t26?,27-/m1/s1. The molecule has 1 unspecified atom stereocenters. The van der Waals surface area contributed by atoms with Crippen molar-refractivity contribution < 1.29 is 0 Å². The average Bonchev–Trinajstić information content (AvgIpc) is 3.57. The van der Waals surface area contributed by atoms with Gasteiger partial charge in [0.2, 0.25) is 0 Å². The van der Waals surface area contributed by atoms with E-state index in [9.17, 15) is 10.5 Å². The van der Waals surface area contributed by atoms with E-state index in [1.807, 2.05) is 12.1 Å². The third-order valence-electron chi connectivity index (χ3n) is 9.33. The third-order valence-corrected chi connectivity index (χ3v) is 9.33. The molecule has 8 rings (SSSR count). The summed E-state index contributed by atoms with van der Waals surface area (Å²) in [6.45, 7) is 0. The quantitative estimate of drug-likeness (QED) is 0.275. The lowest BCUT2D eigenvalue weighted by Crippen LogP contribution is -2.31. The smallest absolute Gasteiger partial charge is 0.0991 e. The molecule has 4 aliphatic carbocycles. The second-order valence-corrected chi connectivity index (χ2v) is 11.6. The van der Waals surface area contributed by atoms with Gasteiger partial charge in [-0.1, -0.05) is 60.7 Å². The van der Waals surface area contributed by atoms with Crippen LogP contribution in [0.4, 0.5) is 0 Å². The average molecular weight is 543 g/mol. The molecule has 0 amide bonds. The Labute approximate surface area is 245 Å². The summed E-state index contributed by atoms with van der Waals surface area (Å²) in [5, 5.41) is 25.0. The van der Waals surface area contributed by atoms with Crippen molar-refractivity contribution in [3.8, 4) is 12.1 Å². The zero-order chi connectivity index (χ0) is 28.2. The normalized spacial score (nSPS) is 20.9. The molecular weight excluding hydrogens is 512 g/mol. The molecular formula is C38H30N4. The second kappa shape index (κ2) is 9.79. The van der Waals surface area contributed by atoms with Gasteiger partial charge in [-0.3, -0.25) is 0 Å². The Morgan fingerprint density at radius 2 is 1.71 bits per heavy atom. The lowest BCUT2D eigenvalue weighted by Gasteiger charge is -2.27. The minimum Gasteiger partial charge on any atom is -0.315 e. The molecule has 2 aromatic carbocycles. The van der Waals surface area contributed by atoms with E-state index in [-0.39, 0.29) is 11.8 Å².